The molecule has 1 N–H and O–H groups in total. The number of pyridine rings is 1. The molecular formula is C23H24F3N5O2. The Bertz CT molecular complexity index is 1050. The van der Waals surface area contributed by atoms with Crippen molar-refractivity contribution in [3.05, 3.63) is 66.0 Å². The Kier molecular flexibility index (Phi) is 6.73. The number of carboxylic acids is 1. The number of benzene rings is 1. The van der Waals surface area contributed by atoms with Crippen LogP contribution in [0.1, 0.15) is 30.0 Å². The smallest absolute Gasteiger partial charge is 0.475 e. The molecule has 7 nitrogen and oxygen atoms in total. The Balaban J connectivity index is 0.000000325. The lowest BCUT2D eigenvalue weighted by molar-refractivity contribution is -0.192. The van der Waals surface area contributed by atoms with Crippen LogP contribution in [0.15, 0.2) is 54.9 Å². The number of hydrogen-bond acceptors (Lipinski definition) is 5. The van der Waals surface area contributed by atoms with Crippen molar-refractivity contribution in [2.24, 2.45) is 0 Å². The maximum absolute atomic E-state index is 10.6. The summed E-state index contributed by atoms with van der Waals surface area (Å²) in [5.74, 6) is -2.76. The van der Waals surface area contributed by atoms with E-state index < -0.39 is 12.1 Å². The van der Waals surface area contributed by atoms with Gasteiger partial charge in [0.25, 0.3) is 0 Å². The maximum Gasteiger partial charge on any atom is 0.490 e. The van der Waals surface area contributed by atoms with Crippen molar-refractivity contribution in [2.45, 2.75) is 43.9 Å². The van der Waals surface area contributed by atoms with Gasteiger partial charge < -0.3 is 5.11 Å². The van der Waals surface area contributed by atoms with E-state index >= 15 is 0 Å². The van der Waals surface area contributed by atoms with Gasteiger partial charge in [-0.2, -0.15) is 13.2 Å². The Hall–Kier alpha value is -3.27. The van der Waals surface area contributed by atoms with Crippen LogP contribution in [-0.4, -0.2) is 61.3 Å². The average molecular weight is 459 g/mol. The van der Waals surface area contributed by atoms with Gasteiger partial charge in [0.15, 0.2) is 0 Å². The molecule has 3 heterocycles. The van der Waals surface area contributed by atoms with Gasteiger partial charge in [-0.25, -0.2) is 9.48 Å². The third-order valence-electron chi connectivity index (χ3n) is 6.10. The fourth-order valence-electron chi connectivity index (χ4n) is 4.40. The number of carbonyl (C=O) groups is 1. The molecule has 0 bridgehead atoms. The molecule has 174 valence electrons. The number of rotatable bonds is 3. The summed E-state index contributed by atoms with van der Waals surface area (Å²) in [5, 5.41) is 15.8. The van der Waals surface area contributed by atoms with Crippen molar-refractivity contribution in [1.82, 2.24) is 24.9 Å². The average Bonchev–Trinajstić information content (AvgIpc) is 3.47. The van der Waals surface area contributed by atoms with Crippen LogP contribution in [-0.2, 0) is 17.6 Å². The molecule has 0 radical (unpaired) electrons. The quantitative estimate of drug-likeness (QED) is 0.642. The summed E-state index contributed by atoms with van der Waals surface area (Å²) >= 11 is 0. The number of carboxylic acid groups (broad SMARTS) is 1. The number of aliphatic carboxylic acids is 1. The SMILES string of the molecule is O=C(O)C(F)(F)F.c1ccc(-c2cn(C3CCN(C4Cc5ccccc5C4)CC3)nn2)nc1. The second-order valence-corrected chi connectivity index (χ2v) is 8.20. The number of likely N-dealkylation sites (tertiary alicyclic amines) is 1. The van der Waals surface area contributed by atoms with E-state index in [1.54, 1.807) is 6.20 Å². The van der Waals surface area contributed by atoms with E-state index in [9.17, 15) is 13.2 Å². The van der Waals surface area contributed by atoms with Gasteiger partial charge in [0.05, 0.1) is 17.9 Å². The fraction of sp³-hybridized carbons (Fsp3) is 0.391. The van der Waals surface area contributed by atoms with Crippen LogP contribution < -0.4 is 0 Å². The number of alkyl halides is 3. The van der Waals surface area contributed by atoms with E-state index in [4.69, 9.17) is 9.90 Å². The molecule has 0 amide bonds. The van der Waals surface area contributed by atoms with Crippen molar-refractivity contribution < 1.29 is 23.1 Å². The predicted molar refractivity (Wildman–Crippen MR) is 114 cm³/mol. The highest BCUT2D eigenvalue weighted by Gasteiger charge is 2.38. The second kappa shape index (κ2) is 9.70. The Morgan fingerprint density at radius 3 is 2.09 bits per heavy atom. The van der Waals surface area contributed by atoms with Crippen molar-refractivity contribution in [1.29, 1.82) is 0 Å². The first-order chi connectivity index (χ1) is 15.8. The standard InChI is InChI=1S/C21H23N5.C2HF3O2/c1-2-6-17-14-19(13-16(17)5-1)25-11-8-18(9-12-25)26-15-21(23-24-26)20-7-3-4-10-22-20;3-2(4,5)1(6)7/h1-7,10,15,18-19H,8-9,11-14H2;(H,6,7). The molecule has 0 saturated carbocycles. The first kappa shape index (κ1) is 22.9. The molecule has 3 aromatic rings. The predicted octanol–water partition coefficient (Wildman–Crippen LogP) is 3.78. The molecule has 1 saturated heterocycles. The van der Waals surface area contributed by atoms with Crippen molar-refractivity contribution >= 4 is 5.97 Å². The molecule has 1 aliphatic heterocycles. The third kappa shape index (κ3) is 5.57. The topological polar surface area (TPSA) is 84.1 Å². The van der Waals surface area contributed by atoms with E-state index in [1.165, 1.54) is 24.0 Å². The van der Waals surface area contributed by atoms with Crippen LogP contribution in [0.3, 0.4) is 0 Å². The summed E-state index contributed by atoms with van der Waals surface area (Å²) in [6.07, 6.45) is 3.44. The van der Waals surface area contributed by atoms with E-state index in [2.05, 4.69) is 44.5 Å². The fourth-order valence-corrected chi connectivity index (χ4v) is 4.40. The molecule has 1 fully saturated rings. The van der Waals surface area contributed by atoms with Gasteiger partial charge in [-0.05, 0) is 48.9 Å². The van der Waals surface area contributed by atoms with Gasteiger partial charge in [0.1, 0.15) is 5.69 Å². The summed E-state index contributed by atoms with van der Waals surface area (Å²) in [5.41, 5.74) is 4.82. The largest absolute Gasteiger partial charge is 0.490 e. The monoisotopic (exact) mass is 459 g/mol. The lowest BCUT2D eigenvalue weighted by Gasteiger charge is -2.35. The van der Waals surface area contributed by atoms with E-state index in [-0.39, 0.29) is 0 Å². The van der Waals surface area contributed by atoms with Crippen LogP contribution in [0.25, 0.3) is 11.4 Å². The third-order valence-corrected chi connectivity index (χ3v) is 6.10. The number of hydrogen-bond donors (Lipinski definition) is 1. The molecule has 5 rings (SSSR count). The summed E-state index contributed by atoms with van der Waals surface area (Å²) < 4.78 is 33.8. The van der Waals surface area contributed by atoms with Gasteiger partial charge in [0, 0.05) is 25.3 Å². The van der Waals surface area contributed by atoms with E-state index in [0.717, 1.165) is 37.3 Å². The molecular weight excluding hydrogens is 435 g/mol. The second-order valence-electron chi connectivity index (χ2n) is 8.20. The molecule has 1 aliphatic carbocycles. The lowest BCUT2D eigenvalue weighted by atomic mass is 10.0. The van der Waals surface area contributed by atoms with Gasteiger partial charge in [0.2, 0.25) is 0 Å². The molecule has 33 heavy (non-hydrogen) atoms. The normalized spacial score (nSPS) is 17.3. The number of aromatic nitrogens is 4. The highest BCUT2D eigenvalue weighted by atomic mass is 19.4. The van der Waals surface area contributed by atoms with Gasteiger partial charge in [-0.15, -0.1) is 5.10 Å². The molecule has 1 aromatic carbocycles. The molecule has 0 spiro atoms. The minimum atomic E-state index is -5.08. The molecule has 0 atom stereocenters. The van der Waals surface area contributed by atoms with Crippen LogP contribution >= 0.6 is 0 Å². The summed E-state index contributed by atoms with van der Waals surface area (Å²) in [6.45, 7) is 2.28. The van der Waals surface area contributed by atoms with Crippen LogP contribution in [0.2, 0.25) is 0 Å². The molecule has 2 aromatic heterocycles. The minimum Gasteiger partial charge on any atom is -0.475 e. The minimum absolute atomic E-state index is 0.444. The van der Waals surface area contributed by atoms with Gasteiger partial charge >= 0.3 is 12.1 Å². The van der Waals surface area contributed by atoms with Gasteiger partial charge in [-0.1, -0.05) is 35.5 Å². The van der Waals surface area contributed by atoms with Crippen molar-refractivity contribution in [3.63, 3.8) is 0 Å². The lowest BCUT2D eigenvalue weighted by Crippen LogP contribution is -2.42. The number of halogens is 3. The summed E-state index contributed by atoms with van der Waals surface area (Å²) in [6, 6.07) is 15.9. The Morgan fingerprint density at radius 2 is 1.55 bits per heavy atom. The highest BCUT2D eigenvalue weighted by molar-refractivity contribution is 5.73. The van der Waals surface area contributed by atoms with E-state index in [0.29, 0.717) is 12.1 Å². The zero-order chi connectivity index (χ0) is 23.4. The van der Waals surface area contributed by atoms with Crippen LogP contribution in [0, 0.1) is 0 Å². The molecule has 10 heteroatoms. The van der Waals surface area contributed by atoms with E-state index in [1.807, 2.05) is 29.1 Å². The zero-order valence-electron chi connectivity index (χ0n) is 17.8. The zero-order valence-corrected chi connectivity index (χ0v) is 17.8. The van der Waals surface area contributed by atoms with Crippen LogP contribution in [0.5, 0.6) is 0 Å². The first-order valence-electron chi connectivity index (χ1n) is 10.8. The molecule has 2 aliphatic rings. The van der Waals surface area contributed by atoms with Crippen molar-refractivity contribution in [2.75, 3.05) is 13.1 Å². The van der Waals surface area contributed by atoms with Crippen LogP contribution in [0.4, 0.5) is 13.2 Å². The Labute approximate surface area is 188 Å². The first-order valence-corrected chi connectivity index (χ1v) is 10.8. The maximum atomic E-state index is 10.6. The number of nitrogens with zero attached hydrogens (tertiary/aromatic N) is 5. The number of piperidine rings is 1. The Morgan fingerprint density at radius 1 is 0.939 bits per heavy atom. The number of fused-ring (bicyclic) bond motifs is 1. The van der Waals surface area contributed by atoms with Gasteiger partial charge in [-0.3, -0.25) is 9.88 Å². The molecule has 0 unspecified atom stereocenters. The summed E-state index contributed by atoms with van der Waals surface area (Å²) in [4.78, 5) is 15.9. The highest BCUT2D eigenvalue weighted by Crippen LogP contribution is 2.30. The van der Waals surface area contributed by atoms with Crippen molar-refractivity contribution in [3.8, 4) is 11.4 Å². The summed E-state index contributed by atoms with van der Waals surface area (Å²) in [7, 11) is 0.